The van der Waals surface area contributed by atoms with Crippen LogP contribution in [0, 0.1) is 0 Å². The highest BCUT2D eigenvalue weighted by atomic mass is 79.9. The van der Waals surface area contributed by atoms with E-state index < -0.39 is 22.5 Å². The normalized spacial score (nSPS) is 11.3. The van der Waals surface area contributed by atoms with E-state index in [1.54, 1.807) is 0 Å². The van der Waals surface area contributed by atoms with Gasteiger partial charge in [-0.2, -0.15) is 0 Å². The molecule has 0 aromatic carbocycles. The van der Waals surface area contributed by atoms with Crippen LogP contribution in [-0.2, 0) is 19.6 Å². The van der Waals surface area contributed by atoms with Crippen molar-refractivity contribution < 1.29 is 17.9 Å². The SMILES string of the molecule is COCCNC(=O)CNS(=O)(=O)c1cc(Br)cnc1Cl. The van der Waals surface area contributed by atoms with Crippen molar-refractivity contribution in [2.75, 3.05) is 26.8 Å². The standard InChI is InChI=1S/C10H13BrClN3O4S/c1-19-3-2-13-9(16)6-15-20(17,18)8-4-7(11)5-14-10(8)12/h4-5,15H,2-3,6H2,1H3,(H,13,16). The fourth-order valence-electron chi connectivity index (χ4n) is 1.19. The van der Waals surface area contributed by atoms with Gasteiger partial charge in [0.25, 0.3) is 0 Å². The van der Waals surface area contributed by atoms with E-state index in [4.69, 9.17) is 16.3 Å². The second-order valence-corrected chi connectivity index (χ2v) is 6.62. The maximum absolute atomic E-state index is 12.0. The zero-order valence-electron chi connectivity index (χ0n) is 10.5. The Labute approximate surface area is 130 Å². The van der Waals surface area contributed by atoms with E-state index in [2.05, 4.69) is 31.0 Å². The number of aromatic nitrogens is 1. The summed E-state index contributed by atoms with van der Waals surface area (Å²) < 4.78 is 31.3. The fourth-order valence-corrected chi connectivity index (χ4v) is 3.11. The molecule has 1 heterocycles. The molecule has 1 aromatic heterocycles. The molecule has 1 amide bonds. The number of nitrogens with zero attached hydrogens (tertiary/aromatic N) is 1. The highest BCUT2D eigenvalue weighted by Gasteiger charge is 2.20. The smallest absolute Gasteiger partial charge is 0.244 e. The Morgan fingerprint density at radius 2 is 2.25 bits per heavy atom. The lowest BCUT2D eigenvalue weighted by molar-refractivity contribution is -0.120. The van der Waals surface area contributed by atoms with Gasteiger partial charge in [0.05, 0.1) is 13.2 Å². The van der Waals surface area contributed by atoms with E-state index in [-0.39, 0.29) is 10.0 Å². The number of methoxy groups -OCH3 is 1. The monoisotopic (exact) mass is 385 g/mol. The van der Waals surface area contributed by atoms with Crippen LogP contribution >= 0.6 is 27.5 Å². The first-order valence-electron chi connectivity index (χ1n) is 5.43. The summed E-state index contributed by atoms with van der Waals surface area (Å²) in [5.74, 6) is -0.468. The Bertz CT molecular complexity index is 582. The van der Waals surface area contributed by atoms with Crippen molar-refractivity contribution in [1.82, 2.24) is 15.0 Å². The Balaban J connectivity index is 2.66. The third kappa shape index (κ3) is 5.33. The van der Waals surface area contributed by atoms with E-state index in [1.807, 2.05) is 0 Å². The van der Waals surface area contributed by atoms with Crippen LogP contribution in [0.1, 0.15) is 0 Å². The molecule has 112 valence electrons. The van der Waals surface area contributed by atoms with E-state index in [0.29, 0.717) is 17.6 Å². The maximum Gasteiger partial charge on any atom is 0.244 e. The average molecular weight is 387 g/mol. The first-order valence-corrected chi connectivity index (χ1v) is 8.08. The lowest BCUT2D eigenvalue weighted by atomic mass is 10.5. The molecular weight excluding hydrogens is 374 g/mol. The molecule has 0 aliphatic carbocycles. The molecule has 0 saturated heterocycles. The largest absolute Gasteiger partial charge is 0.383 e. The van der Waals surface area contributed by atoms with Crippen molar-refractivity contribution in [3.8, 4) is 0 Å². The predicted octanol–water partition coefficient (Wildman–Crippen LogP) is 0.538. The van der Waals surface area contributed by atoms with Crippen molar-refractivity contribution in [3.63, 3.8) is 0 Å². The lowest BCUT2D eigenvalue weighted by Crippen LogP contribution is -2.38. The summed E-state index contributed by atoms with van der Waals surface area (Å²) in [5, 5.41) is 2.32. The van der Waals surface area contributed by atoms with Crippen LogP contribution in [0.2, 0.25) is 5.15 Å². The van der Waals surface area contributed by atoms with Crippen LogP contribution in [0.4, 0.5) is 0 Å². The molecule has 0 fully saturated rings. The predicted molar refractivity (Wildman–Crippen MR) is 77.0 cm³/mol. The van der Waals surface area contributed by atoms with Gasteiger partial charge in [0, 0.05) is 24.3 Å². The number of sulfonamides is 1. The average Bonchev–Trinajstić information content (AvgIpc) is 2.39. The topological polar surface area (TPSA) is 97.4 Å². The number of pyridine rings is 1. The third-order valence-electron chi connectivity index (χ3n) is 2.11. The van der Waals surface area contributed by atoms with Gasteiger partial charge in [-0.15, -0.1) is 0 Å². The van der Waals surface area contributed by atoms with Gasteiger partial charge in [0.2, 0.25) is 15.9 Å². The van der Waals surface area contributed by atoms with Crippen LogP contribution in [0.5, 0.6) is 0 Å². The summed E-state index contributed by atoms with van der Waals surface area (Å²) in [6.45, 7) is 0.255. The number of nitrogens with one attached hydrogen (secondary N) is 2. The minimum absolute atomic E-state index is 0.166. The molecule has 7 nitrogen and oxygen atoms in total. The van der Waals surface area contributed by atoms with Crippen molar-refractivity contribution >= 4 is 43.5 Å². The molecule has 0 atom stereocenters. The zero-order valence-corrected chi connectivity index (χ0v) is 13.7. The minimum atomic E-state index is -3.91. The van der Waals surface area contributed by atoms with Crippen LogP contribution < -0.4 is 10.0 Å². The highest BCUT2D eigenvalue weighted by molar-refractivity contribution is 9.10. The van der Waals surface area contributed by atoms with Crippen LogP contribution in [0.15, 0.2) is 21.6 Å². The summed E-state index contributed by atoms with van der Waals surface area (Å²) in [6.07, 6.45) is 1.37. The van der Waals surface area contributed by atoms with Gasteiger partial charge in [0.15, 0.2) is 0 Å². The van der Waals surface area contributed by atoms with E-state index in [9.17, 15) is 13.2 Å². The molecule has 0 aliphatic rings. The number of carbonyl (C=O) groups is 1. The van der Waals surface area contributed by atoms with Crippen LogP contribution in [0.25, 0.3) is 0 Å². The molecule has 0 unspecified atom stereocenters. The molecule has 20 heavy (non-hydrogen) atoms. The van der Waals surface area contributed by atoms with E-state index in [1.165, 1.54) is 19.4 Å². The van der Waals surface area contributed by atoms with Gasteiger partial charge in [-0.25, -0.2) is 18.1 Å². The number of ether oxygens (including phenoxy) is 1. The Morgan fingerprint density at radius 1 is 1.55 bits per heavy atom. The second kappa shape index (κ2) is 7.89. The molecule has 1 rings (SSSR count). The summed E-state index contributed by atoms with van der Waals surface area (Å²) >= 11 is 8.83. The molecule has 0 spiro atoms. The molecular formula is C10H13BrClN3O4S. The Morgan fingerprint density at radius 3 is 2.90 bits per heavy atom. The summed E-state index contributed by atoms with van der Waals surface area (Å²) in [5.41, 5.74) is 0. The first-order chi connectivity index (χ1) is 9.36. The van der Waals surface area contributed by atoms with Gasteiger partial charge in [-0.05, 0) is 22.0 Å². The van der Waals surface area contributed by atoms with Crippen molar-refractivity contribution in [2.45, 2.75) is 4.90 Å². The third-order valence-corrected chi connectivity index (χ3v) is 4.38. The highest BCUT2D eigenvalue weighted by Crippen LogP contribution is 2.22. The molecule has 0 aliphatic heterocycles. The van der Waals surface area contributed by atoms with E-state index >= 15 is 0 Å². The number of halogens is 2. The summed E-state index contributed by atoms with van der Waals surface area (Å²) in [7, 11) is -2.41. The van der Waals surface area contributed by atoms with E-state index in [0.717, 1.165) is 0 Å². The number of amides is 1. The summed E-state index contributed by atoms with van der Waals surface area (Å²) in [4.78, 5) is 14.9. The molecule has 0 saturated carbocycles. The molecule has 10 heteroatoms. The van der Waals surface area contributed by atoms with Gasteiger partial charge in [0.1, 0.15) is 10.0 Å². The van der Waals surface area contributed by atoms with Crippen molar-refractivity contribution in [3.05, 3.63) is 21.9 Å². The fraction of sp³-hybridized carbons (Fsp3) is 0.400. The lowest BCUT2D eigenvalue weighted by Gasteiger charge is -2.08. The minimum Gasteiger partial charge on any atom is -0.383 e. The molecule has 0 radical (unpaired) electrons. The number of hydrogen-bond acceptors (Lipinski definition) is 5. The van der Waals surface area contributed by atoms with Gasteiger partial charge >= 0.3 is 0 Å². The second-order valence-electron chi connectivity index (χ2n) is 3.61. The van der Waals surface area contributed by atoms with Gasteiger partial charge in [-0.3, -0.25) is 4.79 Å². The Kier molecular flexibility index (Phi) is 6.83. The number of hydrogen-bond donors (Lipinski definition) is 2. The van der Waals surface area contributed by atoms with Crippen molar-refractivity contribution in [2.24, 2.45) is 0 Å². The van der Waals surface area contributed by atoms with Gasteiger partial charge in [-0.1, -0.05) is 11.6 Å². The van der Waals surface area contributed by atoms with Crippen LogP contribution in [0.3, 0.4) is 0 Å². The number of rotatable bonds is 7. The number of carbonyl (C=O) groups excluding carboxylic acids is 1. The first kappa shape index (κ1) is 17.3. The molecule has 0 bridgehead atoms. The molecule has 1 aromatic rings. The summed E-state index contributed by atoms with van der Waals surface area (Å²) in [6, 6.07) is 1.31. The molecule has 2 N–H and O–H groups in total. The zero-order chi connectivity index (χ0) is 15.2. The maximum atomic E-state index is 12.0. The quantitative estimate of drug-likeness (QED) is 0.526. The van der Waals surface area contributed by atoms with Crippen molar-refractivity contribution in [1.29, 1.82) is 0 Å². The van der Waals surface area contributed by atoms with Crippen LogP contribution in [-0.4, -0.2) is 46.1 Å². The Hall–Kier alpha value is -0.740. The van der Waals surface area contributed by atoms with Gasteiger partial charge < -0.3 is 10.1 Å².